The van der Waals surface area contributed by atoms with Crippen molar-refractivity contribution in [2.75, 3.05) is 19.8 Å². The van der Waals surface area contributed by atoms with Crippen molar-refractivity contribution in [1.82, 2.24) is 5.32 Å². The van der Waals surface area contributed by atoms with Crippen LogP contribution in [0.1, 0.15) is 277 Å². The Kier molecular flexibility index (Phi) is 49.6. The molecule has 11 nitrogen and oxygen atoms in total. The molecule has 1 heterocycles. The number of aliphatic hydroxyl groups excluding tert-OH is 5. The van der Waals surface area contributed by atoms with Crippen molar-refractivity contribution in [1.29, 1.82) is 0 Å². The molecule has 74 heavy (non-hydrogen) atoms. The van der Waals surface area contributed by atoms with E-state index in [-0.39, 0.29) is 18.5 Å². The second kappa shape index (κ2) is 52.7. The van der Waals surface area contributed by atoms with Crippen LogP contribution in [0.4, 0.5) is 0 Å². The van der Waals surface area contributed by atoms with E-state index in [4.69, 9.17) is 14.2 Å². The van der Waals surface area contributed by atoms with Gasteiger partial charge < -0.3 is 45.1 Å². The Balaban J connectivity index is 1.99. The van der Waals surface area contributed by atoms with Gasteiger partial charge in [0, 0.05) is 12.8 Å². The van der Waals surface area contributed by atoms with Gasteiger partial charge in [0.1, 0.15) is 24.4 Å². The Bertz CT molecular complexity index is 1370. The molecule has 0 bridgehead atoms. The van der Waals surface area contributed by atoms with Crippen molar-refractivity contribution in [3.8, 4) is 0 Å². The second-order valence-corrected chi connectivity index (χ2v) is 21.4. The lowest BCUT2D eigenvalue weighted by Crippen LogP contribution is -2.60. The van der Waals surface area contributed by atoms with Crippen LogP contribution < -0.4 is 5.32 Å². The third-order valence-electron chi connectivity index (χ3n) is 14.4. The summed E-state index contributed by atoms with van der Waals surface area (Å²) >= 11 is 0. The number of nitrogens with one attached hydrogen (secondary N) is 1. The number of esters is 1. The number of ether oxygens (including phenoxy) is 3. The van der Waals surface area contributed by atoms with Crippen LogP contribution in [-0.2, 0) is 23.8 Å². The van der Waals surface area contributed by atoms with Gasteiger partial charge in [-0.25, -0.2) is 0 Å². The summed E-state index contributed by atoms with van der Waals surface area (Å²) in [6.07, 6.45) is 56.5. The molecule has 1 saturated heterocycles. The molecule has 1 rings (SSSR count). The maximum atomic E-state index is 13.0. The highest BCUT2D eigenvalue weighted by molar-refractivity contribution is 5.76. The fourth-order valence-electron chi connectivity index (χ4n) is 9.47. The van der Waals surface area contributed by atoms with Gasteiger partial charge in [0.2, 0.25) is 5.91 Å². The maximum Gasteiger partial charge on any atom is 0.305 e. The van der Waals surface area contributed by atoms with Crippen molar-refractivity contribution >= 4 is 11.9 Å². The number of hydrogen-bond acceptors (Lipinski definition) is 10. The van der Waals surface area contributed by atoms with Crippen LogP contribution in [0.3, 0.4) is 0 Å². The summed E-state index contributed by atoms with van der Waals surface area (Å²) in [5.74, 6) is -0.204. The molecule has 1 fully saturated rings. The molecule has 6 N–H and O–H groups in total. The second-order valence-electron chi connectivity index (χ2n) is 21.4. The number of aliphatic hydroxyl groups is 5. The van der Waals surface area contributed by atoms with E-state index >= 15 is 0 Å². The molecule has 11 heteroatoms. The van der Waals surface area contributed by atoms with Crippen LogP contribution in [0.5, 0.6) is 0 Å². The average molecular weight is 1050 g/mol. The smallest absolute Gasteiger partial charge is 0.305 e. The molecule has 0 radical (unpaired) electrons. The van der Waals surface area contributed by atoms with Gasteiger partial charge in [0.05, 0.1) is 32.0 Å². The minimum Gasteiger partial charge on any atom is -0.466 e. The molecule has 0 aliphatic carbocycles. The SMILES string of the molecule is CCC/C=C\C/C=C\CCCCCCCC(=O)OCCCCCCCCCCCCCC/C=C\CCCCCCCCCCC(=O)NC(COC1OC(CO)C(O)C(O)C1O)C(O)/C=C/CCCCCCCCC. The van der Waals surface area contributed by atoms with Crippen molar-refractivity contribution in [3.05, 3.63) is 48.6 Å². The third kappa shape index (κ3) is 41.7. The molecule has 0 spiro atoms. The molecular formula is C63H115NO10. The zero-order valence-corrected chi connectivity index (χ0v) is 47.6. The summed E-state index contributed by atoms with van der Waals surface area (Å²) in [5, 5.41) is 54.2. The molecule has 1 aliphatic heterocycles. The van der Waals surface area contributed by atoms with E-state index in [0.717, 1.165) is 89.9 Å². The normalized spacial score (nSPS) is 19.1. The van der Waals surface area contributed by atoms with Gasteiger partial charge in [-0.05, 0) is 83.5 Å². The molecular weight excluding hydrogens is 931 g/mol. The summed E-state index contributed by atoms with van der Waals surface area (Å²) in [4.78, 5) is 25.0. The van der Waals surface area contributed by atoms with Gasteiger partial charge in [0.25, 0.3) is 0 Å². The van der Waals surface area contributed by atoms with Crippen LogP contribution in [0.2, 0.25) is 0 Å². The topological polar surface area (TPSA) is 175 Å². The van der Waals surface area contributed by atoms with Crippen LogP contribution in [0, 0.1) is 0 Å². The first-order valence-corrected chi connectivity index (χ1v) is 30.9. The number of unbranched alkanes of at least 4 members (excludes halogenated alkanes) is 33. The molecule has 7 atom stereocenters. The van der Waals surface area contributed by atoms with E-state index in [0.29, 0.717) is 19.4 Å². The summed E-state index contributed by atoms with van der Waals surface area (Å²) in [5.41, 5.74) is 0. The number of rotatable bonds is 53. The molecule has 432 valence electrons. The first-order chi connectivity index (χ1) is 36.2. The van der Waals surface area contributed by atoms with Gasteiger partial charge in [-0.3, -0.25) is 9.59 Å². The van der Waals surface area contributed by atoms with E-state index in [1.54, 1.807) is 6.08 Å². The monoisotopic (exact) mass is 1050 g/mol. The average Bonchev–Trinajstić information content (AvgIpc) is 3.40. The van der Waals surface area contributed by atoms with E-state index < -0.39 is 49.5 Å². The van der Waals surface area contributed by atoms with E-state index in [2.05, 4.69) is 55.6 Å². The van der Waals surface area contributed by atoms with Gasteiger partial charge in [0.15, 0.2) is 6.29 Å². The lowest BCUT2D eigenvalue weighted by atomic mass is 9.99. The molecule has 7 unspecified atom stereocenters. The Morgan fingerprint density at radius 3 is 1.43 bits per heavy atom. The molecule has 0 saturated carbocycles. The summed E-state index contributed by atoms with van der Waals surface area (Å²) in [6, 6.07) is -0.812. The fourth-order valence-corrected chi connectivity index (χ4v) is 9.47. The minimum absolute atomic E-state index is 0.0146. The number of hydrogen-bond donors (Lipinski definition) is 6. The predicted octanol–water partition coefficient (Wildman–Crippen LogP) is 14.5. The lowest BCUT2D eigenvalue weighted by Gasteiger charge is -2.40. The third-order valence-corrected chi connectivity index (χ3v) is 14.4. The van der Waals surface area contributed by atoms with Crippen molar-refractivity contribution in [2.24, 2.45) is 0 Å². The quantitative estimate of drug-likeness (QED) is 0.0195. The van der Waals surface area contributed by atoms with Gasteiger partial charge >= 0.3 is 5.97 Å². The zero-order chi connectivity index (χ0) is 53.8. The molecule has 1 amide bonds. The van der Waals surface area contributed by atoms with E-state index in [1.807, 2.05) is 6.08 Å². The van der Waals surface area contributed by atoms with Gasteiger partial charge in [-0.2, -0.15) is 0 Å². The highest BCUT2D eigenvalue weighted by atomic mass is 16.7. The number of amides is 1. The maximum absolute atomic E-state index is 13.0. The Morgan fingerprint density at radius 1 is 0.500 bits per heavy atom. The molecule has 1 aliphatic rings. The number of carbonyl (C=O) groups excluding carboxylic acids is 2. The highest BCUT2D eigenvalue weighted by Gasteiger charge is 2.44. The molecule has 0 aromatic rings. The summed E-state index contributed by atoms with van der Waals surface area (Å²) in [7, 11) is 0. The highest BCUT2D eigenvalue weighted by Crippen LogP contribution is 2.23. The number of allylic oxidation sites excluding steroid dienone is 7. The predicted molar refractivity (Wildman–Crippen MR) is 306 cm³/mol. The van der Waals surface area contributed by atoms with Gasteiger partial charge in [-0.1, -0.05) is 229 Å². The standard InChI is InChI=1S/C63H115NO10/c1-3-5-7-9-11-13-14-27-31-35-39-43-47-51-59(68)72-52-48-44-40-36-32-29-26-24-22-20-18-16-15-17-19-21-23-25-28-30-34-38-42-46-50-58(67)64-55(56(66)49-45-41-37-33-12-10-8-6-4-2)54-73-63-62(71)61(70)60(69)57(53-65)74-63/h7,9,13-14,17,19,45,49,55-57,60-63,65-66,69-71H,3-6,8,10-12,15-16,18,20-44,46-48,50-54H2,1-2H3,(H,64,67)/b9-7-,14-13-,19-17-,49-45+. The lowest BCUT2D eigenvalue weighted by molar-refractivity contribution is -0.302. The van der Waals surface area contributed by atoms with Crippen LogP contribution in [0.25, 0.3) is 0 Å². The minimum atomic E-state index is -1.57. The molecule has 0 aromatic carbocycles. The fraction of sp³-hybridized carbons (Fsp3) is 0.841. The van der Waals surface area contributed by atoms with Crippen molar-refractivity contribution in [2.45, 2.75) is 320 Å². The Morgan fingerprint density at radius 2 is 0.932 bits per heavy atom. The van der Waals surface area contributed by atoms with E-state index in [9.17, 15) is 35.1 Å². The van der Waals surface area contributed by atoms with E-state index in [1.165, 1.54) is 161 Å². The van der Waals surface area contributed by atoms with Gasteiger partial charge in [-0.15, -0.1) is 0 Å². The zero-order valence-electron chi connectivity index (χ0n) is 47.6. The van der Waals surface area contributed by atoms with Crippen molar-refractivity contribution in [3.63, 3.8) is 0 Å². The summed E-state index contributed by atoms with van der Waals surface area (Å²) in [6.45, 7) is 4.24. The first-order valence-electron chi connectivity index (χ1n) is 30.9. The summed E-state index contributed by atoms with van der Waals surface area (Å²) < 4.78 is 16.7. The Hall–Kier alpha value is -2.38. The van der Waals surface area contributed by atoms with Crippen LogP contribution >= 0.6 is 0 Å². The van der Waals surface area contributed by atoms with Crippen LogP contribution in [0.15, 0.2) is 48.6 Å². The number of carbonyl (C=O) groups is 2. The van der Waals surface area contributed by atoms with Crippen molar-refractivity contribution < 1.29 is 49.3 Å². The first kappa shape index (κ1) is 69.6. The largest absolute Gasteiger partial charge is 0.466 e. The Labute approximate surface area is 453 Å². The molecule has 0 aromatic heterocycles. The van der Waals surface area contributed by atoms with Crippen LogP contribution in [-0.4, -0.2) is 100 Å².